The van der Waals surface area contributed by atoms with Crippen molar-refractivity contribution in [3.8, 4) is 67.5 Å². The van der Waals surface area contributed by atoms with Crippen LogP contribution in [-0.4, -0.2) is 0 Å². The monoisotopic (exact) mass is 905 g/mol. The van der Waals surface area contributed by atoms with Crippen LogP contribution in [0, 0.1) is 0 Å². The van der Waals surface area contributed by atoms with Crippen LogP contribution in [0.5, 0.6) is 23.0 Å². The van der Waals surface area contributed by atoms with Crippen LogP contribution in [0.2, 0.25) is 0 Å². The highest BCUT2D eigenvalue weighted by atomic mass is 16.5. The minimum absolute atomic E-state index is 0.593. The van der Waals surface area contributed by atoms with E-state index in [9.17, 15) is 0 Å². The van der Waals surface area contributed by atoms with E-state index in [2.05, 4.69) is 266 Å². The molecule has 11 aromatic carbocycles. The summed E-state index contributed by atoms with van der Waals surface area (Å²) in [6, 6.07) is 95.2. The van der Waals surface area contributed by atoms with E-state index in [1.54, 1.807) is 0 Å². The van der Waals surface area contributed by atoms with Gasteiger partial charge in [-0.05, 0) is 110 Å². The molecular weight excluding hydrogens is 863 g/mol. The number of hydrogen-bond acceptors (Lipinski definition) is 3. The van der Waals surface area contributed by atoms with Crippen molar-refractivity contribution < 1.29 is 9.47 Å². The zero-order chi connectivity index (χ0) is 46.7. The minimum atomic E-state index is -0.616. The lowest BCUT2D eigenvalue weighted by Crippen LogP contribution is -2.32. The molecule has 11 aromatic rings. The Morgan fingerprint density at radius 3 is 1.27 bits per heavy atom. The molecule has 15 rings (SSSR count). The molecule has 2 heterocycles. The van der Waals surface area contributed by atoms with E-state index in [0.29, 0.717) is 0 Å². The van der Waals surface area contributed by atoms with Gasteiger partial charge in [0.15, 0.2) is 0 Å². The second kappa shape index (κ2) is 15.2. The smallest absolute Gasteiger partial charge is 0.132 e. The van der Waals surface area contributed by atoms with Gasteiger partial charge in [0.1, 0.15) is 23.0 Å². The number of hydrogen-bond donors (Lipinski definition) is 0. The lowest BCUT2D eigenvalue weighted by Gasteiger charge is -2.39. The van der Waals surface area contributed by atoms with Crippen molar-refractivity contribution in [3.63, 3.8) is 0 Å². The zero-order valence-corrected chi connectivity index (χ0v) is 38.6. The first-order valence-corrected chi connectivity index (χ1v) is 24.5. The Morgan fingerprint density at radius 1 is 0.254 bits per heavy atom. The van der Waals surface area contributed by atoms with Crippen LogP contribution in [0.25, 0.3) is 44.5 Å². The van der Waals surface area contributed by atoms with Gasteiger partial charge in [-0.1, -0.05) is 206 Å². The molecule has 0 atom stereocenters. The third-order valence-electron chi connectivity index (χ3n) is 15.6. The Morgan fingerprint density at radius 2 is 0.662 bits per heavy atom. The van der Waals surface area contributed by atoms with Crippen LogP contribution >= 0.6 is 0 Å². The number of fused-ring (bicyclic) bond motifs is 18. The van der Waals surface area contributed by atoms with Gasteiger partial charge >= 0.3 is 0 Å². The molecule has 2 aliphatic carbocycles. The molecule has 0 unspecified atom stereocenters. The fourth-order valence-corrected chi connectivity index (χ4v) is 12.8. The molecule has 2 spiro atoms. The SMILES string of the molecule is c1ccc(-c2ccc(N(c3ccccc3-c3ccc4c(c3)C3(c5ccccc5Oc5ccccc53)c3ccccc3-4)c3cccc4c3-c3ccccc3C43c4ccccc4Oc4ccccc43)cc2)cc1. The number of benzene rings is 11. The third kappa shape index (κ3) is 5.43. The number of para-hydroxylation sites is 5. The average molecular weight is 906 g/mol. The summed E-state index contributed by atoms with van der Waals surface area (Å²) in [6.07, 6.45) is 0. The Balaban J connectivity index is 0.993. The molecule has 4 aliphatic rings. The maximum absolute atomic E-state index is 6.74. The predicted octanol–water partition coefficient (Wildman–Crippen LogP) is 17.4. The Labute approximate surface area is 413 Å². The molecule has 71 heavy (non-hydrogen) atoms. The predicted molar refractivity (Wildman–Crippen MR) is 287 cm³/mol. The molecule has 0 saturated carbocycles. The topological polar surface area (TPSA) is 21.7 Å². The quantitative estimate of drug-likeness (QED) is 0.172. The Bertz CT molecular complexity index is 3870. The summed E-state index contributed by atoms with van der Waals surface area (Å²) < 4.78 is 13.5. The molecule has 0 N–H and O–H groups in total. The molecule has 3 nitrogen and oxygen atoms in total. The van der Waals surface area contributed by atoms with E-state index >= 15 is 0 Å². The lowest BCUT2D eigenvalue weighted by atomic mass is 9.66. The van der Waals surface area contributed by atoms with Gasteiger partial charge in [0.25, 0.3) is 0 Å². The van der Waals surface area contributed by atoms with E-state index < -0.39 is 10.8 Å². The average Bonchev–Trinajstić information content (AvgIpc) is 3.90. The van der Waals surface area contributed by atoms with E-state index in [1.807, 2.05) is 0 Å². The second-order valence-corrected chi connectivity index (χ2v) is 19.0. The molecule has 3 heteroatoms. The molecule has 332 valence electrons. The van der Waals surface area contributed by atoms with Crippen LogP contribution in [0.15, 0.2) is 261 Å². The van der Waals surface area contributed by atoms with Crippen molar-refractivity contribution >= 4 is 17.1 Å². The van der Waals surface area contributed by atoms with Crippen LogP contribution in [0.3, 0.4) is 0 Å². The van der Waals surface area contributed by atoms with Crippen molar-refractivity contribution in [2.75, 3.05) is 4.90 Å². The van der Waals surface area contributed by atoms with E-state index in [4.69, 9.17) is 9.47 Å². The maximum atomic E-state index is 6.74. The fourth-order valence-electron chi connectivity index (χ4n) is 12.8. The largest absolute Gasteiger partial charge is 0.457 e. The summed E-state index contributed by atoms with van der Waals surface area (Å²) in [5.74, 6) is 3.53. The molecule has 0 aromatic heterocycles. The minimum Gasteiger partial charge on any atom is -0.457 e. The first kappa shape index (κ1) is 39.8. The van der Waals surface area contributed by atoms with Crippen molar-refractivity contribution in [2.24, 2.45) is 0 Å². The van der Waals surface area contributed by atoms with Gasteiger partial charge in [-0.3, -0.25) is 0 Å². The maximum Gasteiger partial charge on any atom is 0.132 e. The Kier molecular flexibility index (Phi) is 8.49. The summed E-state index contributed by atoms with van der Waals surface area (Å²) >= 11 is 0. The van der Waals surface area contributed by atoms with Crippen molar-refractivity contribution in [2.45, 2.75) is 10.8 Å². The third-order valence-corrected chi connectivity index (χ3v) is 15.6. The number of rotatable bonds is 5. The van der Waals surface area contributed by atoms with E-state index in [0.717, 1.165) is 73.4 Å². The van der Waals surface area contributed by atoms with Crippen molar-refractivity contribution in [1.29, 1.82) is 0 Å². The zero-order valence-electron chi connectivity index (χ0n) is 38.6. The van der Waals surface area contributed by atoms with E-state index in [-0.39, 0.29) is 0 Å². The van der Waals surface area contributed by atoms with Gasteiger partial charge in [-0.15, -0.1) is 0 Å². The van der Waals surface area contributed by atoms with Crippen LogP contribution in [-0.2, 0) is 10.8 Å². The number of ether oxygens (including phenoxy) is 2. The Hall–Kier alpha value is -9.18. The number of nitrogens with zero attached hydrogens (tertiary/aromatic N) is 1. The first-order valence-electron chi connectivity index (χ1n) is 24.5. The van der Waals surface area contributed by atoms with Crippen LogP contribution < -0.4 is 14.4 Å². The summed E-state index contributed by atoms with van der Waals surface area (Å²) in [6.45, 7) is 0. The number of anilines is 3. The molecule has 0 saturated heterocycles. The van der Waals surface area contributed by atoms with Gasteiger partial charge in [0.05, 0.1) is 22.2 Å². The highest BCUT2D eigenvalue weighted by Crippen LogP contribution is 2.65. The summed E-state index contributed by atoms with van der Waals surface area (Å²) in [5.41, 5.74) is 21.1. The molecule has 0 fully saturated rings. The normalized spacial score (nSPS) is 14.1. The fraction of sp³-hybridized carbons (Fsp3) is 0.0294. The molecule has 0 bridgehead atoms. The van der Waals surface area contributed by atoms with Crippen LogP contribution in [0.1, 0.15) is 44.5 Å². The second-order valence-electron chi connectivity index (χ2n) is 19.0. The molecule has 0 amide bonds. The highest BCUT2D eigenvalue weighted by molar-refractivity contribution is 6.01. The summed E-state index contributed by atoms with van der Waals surface area (Å²) in [5, 5.41) is 0. The van der Waals surface area contributed by atoms with Gasteiger partial charge in [0.2, 0.25) is 0 Å². The molecular formula is C68H43NO2. The first-order chi connectivity index (χ1) is 35.2. The van der Waals surface area contributed by atoms with Crippen molar-refractivity contribution in [3.05, 3.63) is 305 Å². The summed E-state index contributed by atoms with van der Waals surface area (Å²) in [4.78, 5) is 2.51. The van der Waals surface area contributed by atoms with Gasteiger partial charge in [-0.25, -0.2) is 0 Å². The van der Waals surface area contributed by atoms with Gasteiger partial charge < -0.3 is 14.4 Å². The summed E-state index contributed by atoms with van der Waals surface area (Å²) in [7, 11) is 0. The standard InChI is InChI=1S/C68H43NO2/c1-2-19-44(20-3-1)45-37-40-47(41-38-45)69(61-32-18-30-58-66(61)51-23-5-8-25-53(51)67(58)54-26-9-14-33-62(54)70-63-34-15-10-27-55(63)67)60-31-13-6-21-48(60)46-39-42-50-49-22-4-7-24-52(49)68(59(50)43-46)56-28-11-16-35-64(56)71-65-36-17-12-29-57(65)68/h1-43H. The highest BCUT2D eigenvalue weighted by Gasteiger charge is 2.53. The van der Waals surface area contributed by atoms with Gasteiger partial charge in [0, 0.05) is 39.1 Å². The molecule has 2 aliphatic heterocycles. The van der Waals surface area contributed by atoms with E-state index in [1.165, 1.54) is 55.6 Å². The van der Waals surface area contributed by atoms with Crippen molar-refractivity contribution in [1.82, 2.24) is 0 Å². The van der Waals surface area contributed by atoms with Crippen LogP contribution in [0.4, 0.5) is 17.1 Å². The molecule has 0 radical (unpaired) electrons. The van der Waals surface area contributed by atoms with Gasteiger partial charge in [-0.2, -0.15) is 0 Å². The lowest BCUT2D eigenvalue weighted by molar-refractivity contribution is 0.436.